The summed E-state index contributed by atoms with van der Waals surface area (Å²) in [7, 11) is 0. The molecule has 1 atom stereocenters. The van der Waals surface area contributed by atoms with E-state index in [0.29, 0.717) is 0 Å². The van der Waals surface area contributed by atoms with Gasteiger partial charge >= 0.3 is 0 Å². The molecular weight excluding hydrogens is 196 g/mol. The van der Waals surface area contributed by atoms with E-state index in [0.717, 1.165) is 23.8 Å². The van der Waals surface area contributed by atoms with Crippen LogP contribution in [-0.2, 0) is 0 Å². The second kappa shape index (κ2) is 3.21. The first-order valence-electron chi connectivity index (χ1n) is 4.89. The Morgan fingerprint density at radius 2 is 2.36 bits per heavy atom. The van der Waals surface area contributed by atoms with Crippen molar-refractivity contribution in [1.29, 1.82) is 0 Å². The van der Waals surface area contributed by atoms with Gasteiger partial charge in [-0.3, -0.25) is 0 Å². The first-order valence-corrected chi connectivity index (χ1v) is 5.77. The molecule has 3 nitrogen and oxygen atoms in total. The number of hydrogen-bond donors (Lipinski definition) is 1. The van der Waals surface area contributed by atoms with Crippen molar-refractivity contribution in [2.45, 2.75) is 38.8 Å². The normalized spacial score (nSPS) is 25.7. The molecule has 1 aromatic rings. The molecule has 1 N–H and O–H groups in total. The summed E-state index contributed by atoms with van der Waals surface area (Å²) in [5, 5.41) is 12.9. The molecule has 4 heteroatoms. The summed E-state index contributed by atoms with van der Waals surface area (Å²) in [6.45, 7) is 7.05. The average Bonchev–Trinajstić information content (AvgIpc) is 2.60. The molecule has 78 valence electrons. The van der Waals surface area contributed by atoms with Gasteiger partial charge in [-0.05, 0) is 27.2 Å². The zero-order valence-corrected chi connectivity index (χ0v) is 9.64. The van der Waals surface area contributed by atoms with Crippen molar-refractivity contribution >= 4 is 16.5 Å². The van der Waals surface area contributed by atoms with Gasteiger partial charge in [0.2, 0.25) is 0 Å². The van der Waals surface area contributed by atoms with Gasteiger partial charge in [-0.25, -0.2) is 4.98 Å². The standard InChI is InChI=1S/C10H16N2OS/c1-7-6-14-9(11-7)12-5-4-8(13)10(12,2)3/h6,8,13H,4-5H2,1-3H3. The minimum atomic E-state index is -0.244. The lowest BCUT2D eigenvalue weighted by atomic mass is 9.99. The van der Waals surface area contributed by atoms with Gasteiger partial charge in [-0.2, -0.15) is 0 Å². The molecular formula is C10H16N2OS. The molecule has 1 saturated heterocycles. The average molecular weight is 212 g/mol. The van der Waals surface area contributed by atoms with Gasteiger partial charge in [0.1, 0.15) is 0 Å². The molecule has 0 amide bonds. The van der Waals surface area contributed by atoms with Crippen LogP contribution in [0.25, 0.3) is 0 Å². The van der Waals surface area contributed by atoms with Crippen LogP contribution in [0.5, 0.6) is 0 Å². The van der Waals surface area contributed by atoms with Crippen molar-refractivity contribution in [3.8, 4) is 0 Å². The van der Waals surface area contributed by atoms with Crippen molar-refractivity contribution < 1.29 is 5.11 Å². The minimum absolute atomic E-state index is 0.176. The summed E-state index contributed by atoms with van der Waals surface area (Å²) < 4.78 is 0. The lowest BCUT2D eigenvalue weighted by Crippen LogP contribution is -2.45. The van der Waals surface area contributed by atoms with Gasteiger partial charge in [0.15, 0.2) is 5.13 Å². The largest absolute Gasteiger partial charge is 0.391 e. The van der Waals surface area contributed by atoms with E-state index >= 15 is 0 Å². The molecule has 0 saturated carbocycles. The van der Waals surface area contributed by atoms with Crippen LogP contribution in [0.2, 0.25) is 0 Å². The quantitative estimate of drug-likeness (QED) is 0.771. The minimum Gasteiger partial charge on any atom is -0.391 e. The second-order valence-corrected chi connectivity index (χ2v) is 5.22. The van der Waals surface area contributed by atoms with E-state index in [1.54, 1.807) is 11.3 Å². The van der Waals surface area contributed by atoms with E-state index in [1.807, 2.05) is 6.92 Å². The SMILES string of the molecule is Cc1csc(N2CCC(O)C2(C)C)n1. The molecule has 1 unspecified atom stereocenters. The topological polar surface area (TPSA) is 36.4 Å². The van der Waals surface area contributed by atoms with Gasteiger partial charge < -0.3 is 10.0 Å². The number of aliphatic hydroxyl groups is 1. The summed E-state index contributed by atoms with van der Waals surface area (Å²) in [6.07, 6.45) is 0.595. The Kier molecular flexibility index (Phi) is 2.27. The summed E-state index contributed by atoms with van der Waals surface area (Å²) in [6, 6.07) is 0. The van der Waals surface area contributed by atoms with E-state index in [1.165, 1.54) is 0 Å². The van der Waals surface area contributed by atoms with Crippen molar-refractivity contribution in [1.82, 2.24) is 4.98 Å². The maximum Gasteiger partial charge on any atom is 0.186 e. The number of hydrogen-bond acceptors (Lipinski definition) is 4. The molecule has 1 aromatic heterocycles. The number of aromatic nitrogens is 1. The van der Waals surface area contributed by atoms with Gasteiger partial charge in [-0.1, -0.05) is 0 Å². The fourth-order valence-corrected chi connectivity index (χ4v) is 2.86. The summed E-state index contributed by atoms with van der Waals surface area (Å²) in [5.74, 6) is 0. The lowest BCUT2D eigenvalue weighted by molar-refractivity contribution is 0.127. The molecule has 0 aromatic carbocycles. The van der Waals surface area contributed by atoms with E-state index in [2.05, 4.69) is 29.1 Å². The lowest BCUT2D eigenvalue weighted by Gasteiger charge is -2.33. The summed E-state index contributed by atoms with van der Waals surface area (Å²) in [4.78, 5) is 6.66. The van der Waals surface area contributed by atoms with Crippen LogP contribution >= 0.6 is 11.3 Å². The molecule has 14 heavy (non-hydrogen) atoms. The first kappa shape index (κ1) is 9.93. The third kappa shape index (κ3) is 1.42. The first-order chi connectivity index (χ1) is 6.51. The van der Waals surface area contributed by atoms with Crippen LogP contribution in [0.4, 0.5) is 5.13 Å². The highest BCUT2D eigenvalue weighted by Gasteiger charge is 2.41. The van der Waals surface area contributed by atoms with Gasteiger partial charge in [0, 0.05) is 11.9 Å². The Morgan fingerprint density at radius 3 is 2.79 bits per heavy atom. The number of aryl methyl sites for hydroxylation is 1. The van der Waals surface area contributed by atoms with E-state index < -0.39 is 0 Å². The van der Waals surface area contributed by atoms with Crippen molar-refractivity contribution in [2.24, 2.45) is 0 Å². The van der Waals surface area contributed by atoms with E-state index in [-0.39, 0.29) is 11.6 Å². The molecule has 0 aliphatic carbocycles. The van der Waals surface area contributed by atoms with Crippen LogP contribution in [0.15, 0.2) is 5.38 Å². The monoisotopic (exact) mass is 212 g/mol. The number of aliphatic hydroxyl groups excluding tert-OH is 1. The van der Waals surface area contributed by atoms with Crippen molar-refractivity contribution in [3.63, 3.8) is 0 Å². The fourth-order valence-electron chi connectivity index (χ4n) is 1.88. The molecule has 0 spiro atoms. The number of rotatable bonds is 1. The number of nitrogens with zero attached hydrogens (tertiary/aromatic N) is 2. The van der Waals surface area contributed by atoms with Gasteiger partial charge in [0.05, 0.1) is 17.3 Å². The van der Waals surface area contributed by atoms with Crippen LogP contribution < -0.4 is 4.90 Å². The Hall–Kier alpha value is -0.610. The maximum absolute atomic E-state index is 9.83. The highest BCUT2D eigenvalue weighted by Crippen LogP contribution is 2.35. The van der Waals surface area contributed by atoms with E-state index in [9.17, 15) is 5.11 Å². The third-order valence-corrected chi connectivity index (χ3v) is 3.96. The molecule has 1 aliphatic heterocycles. The van der Waals surface area contributed by atoms with E-state index in [4.69, 9.17) is 0 Å². The Labute approximate surface area is 88.4 Å². The van der Waals surface area contributed by atoms with Crippen molar-refractivity contribution in [3.05, 3.63) is 11.1 Å². The zero-order valence-electron chi connectivity index (χ0n) is 8.82. The second-order valence-electron chi connectivity index (χ2n) is 4.38. The van der Waals surface area contributed by atoms with Gasteiger partial charge in [-0.15, -0.1) is 11.3 Å². The van der Waals surface area contributed by atoms with Crippen LogP contribution in [0.3, 0.4) is 0 Å². The Balaban J connectivity index is 2.28. The molecule has 0 radical (unpaired) electrons. The molecule has 1 aliphatic rings. The van der Waals surface area contributed by atoms with Crippen molar-refractivity contribution in [2.75, 3.05) is 11.4 Å². The molecule has 0 bridgehead atoms. The fraction of sp³-hybridized carbons (Fsp3) is 0.700. The Bertz CT molecular complexity index is 335. The summed E-state index contributed by atoms with van der Waals surface area (Å²) in [5.41, 5.74) is 0.881. The van der Waals surface area contributed by atoms with Gasteiger partial charge in [0.25, 0.3) is 0 Å². The molecule has 1 fully saturated rings. The molecule has 2 rings (SSSR count). The predicted octanol–water partition coefficient (Wildman–Crippen LogP) is 1.80. The van der Waals surface area contributed by atoms with Crippen LogP contribution in [0.1, 0.15) is 26.0 Å². The van der Waals surface area contributed by atoms with Crippen LogP contribution in [0, 0.1) is 6.92 Å². The summed E-state index contributed by atoms with van der Waals surface area (Å²) >= 11 is 1.65. The van der Waals surface area contributed by atoms with Crippen LogP contribution in [-0.4, -0.2) is 28.3 Å². The predicted molar refractivity (Wildman–Crippen MR) is 58.9 cm³/mol. The number of thiazole rings is 1. The highest BCUT2D eigenvalue weighted by atomic mass is 32.1. The smallest absolute Gasteiger partial charge is 0.186 e. The zero-order chi connectivity index (χ0) is 10.3. The third-order valence-electron chi connectivity index (χ3n) is 2.98. The molecule has 2 heterocycles. The Morgan fingerprint density at radius 1 is 1.64 bits per heavy atom. The number of anilines is 1. The maximum atomic E-state index is 9.83. The highest BCUT2D eigenvalue weighted by molar-refractivity contribution is 7.13.